The second kappa shape index (κ2) is 6.20. The Balaban J connectivity index is 2.01. The van der Waals surface area contributed by atoms with Crippen LogP contribution in [0.25, 0.3) is 0 Å². The van der Waals surface area contributed by atoms with Gasteiger partial charge in [0.25, 0.3) is 0 Å². The minimum atomic E-state index is -1.52. The van der Waals surface area contributed by atoms with Crippen molar-refractivity contribution in [2.24, 2.45) is 11.1 Å². The summed E-state index contributed by atoms with van der Waals surface area (Å²) in [4.78, 5) is 39.1. The molecule has 3 N–H and O–H groups in total. The van der Waals surface area contributed by atoms with E-state index in [1.54, 1.807) is 38.1 Å². The van der Waals surface area contributed by atoms with Crippen LogP contribution in [-0.2, 0) is 24.5 Å². The molecule has 0 radical (unpaired) electrons. The molecule has 1 aliphatic carbocycles. The van der Waals surface area contributed by atoms with Gasteiger partial charge in [-0.25, -0.2) is 9.59 Å². The van der Waals surface area contributed by atoms with Gasteiger partial charge in [-0.1, -0.05) is 32.0 Å². The van der Waals surface area contributed by atoms with Gasteiger partial charge in [-0.2, -0.15) is 0 Å². The quantitative estimate of drug-likeness (QED) is 0.583. The molecule has 0 fully saturated rings. The highest BCUT2D eigenvalue weighted by Gasteiger charge is 2.60. The van der Waals surface area contributed by atoms with Crippen LogP contribution in [0.5, 0.6) is 5.75 Å². The van der Waals surface area contributed by atoms with Gasteiger partial charge in [0, 0.05) is 12.0 Å². The number of benzene rings is 1. The third kappa shape index (κ3) is 2.68. The summed E-state index contributed by atoms with van der Waals surface area (Å²) in [7, 11) is 0. The number of rotatable bonds is 2. The van der Waals surface area contributed by atoms with E-state index in [9.17, 15) is 14.4 Å². The summed E-state index contributed by atoms with van der Waals surface area (Å²) in [6.45, 7) is 7.37. The highest BCUT2D eigenvalue weighted by atomic mass is 16.5. The number of carbonyl (C=O) groups is 3. The smallest absolute Gasteiger partial charge is 0.356 e. The van der Waals surface area contributed by atoms with Gasteiger partial charge >= 0.3 is 11.9 Å². The molecular weight excluding hydrogens is 372 g/mol. The maximum absolute atomic E-state index is 13.3. The molecule has 1 aromatic rings. The Labute approximate surface area is 168 Å². The standard InChI is InChI=1S/C22H24N2O5/c1-11(2)28-19(26)17-18(23)22(12-7-5-6-8-15(12)29-20(22)27)13-9-21(3,4)10-14(25)16(13)24-17/h5-8,11,24H,9-10,23H2,1-4H3. The Morgan fingerprint density at radius 1 is 1.21 bits per heavy atom. The Morgan fingerprint density at radius 2 is 1.90 bits per heavy atom. The molecule has 2 heterocycles. The van der Waals surface area contributed by atoms with E-state index in [4.69, 9.17) is 15.2 Å². The van der Waals surface area contributed by atoms with Crippen molar-refractivity contribution in [3.05, 3.63) is 52.5 Å². The zero-order valence-corrected chi connectivity index (χ0v) is 16.9. The van der Waals surface area contributed by atoms with Crippen molar-refractivity contribution in [2.45, 2.75) is 52.1 Å². The zero-order valence-electron chi connectivity index (χ0n) is 16.9. The van der Waals surface area contributed by atoms with Gasteiger partial charge in [-0.05, 0) is 37.3 Å². The fraction of sp³-hybridized carbons (Fsp3) is 0.409. The molecule has 1 spiro atoms. The number of hydrogen-bond acceptors (Lipinski definition) is 7. The number of esters is 2. The first-order valence-electron chi connectivity index (χ1n) is 9.65. The molecule has 1 aromatic carbocycles. The molecule has 1 atom stereocenters. The van der Waals surface area contributed by atoms with Crippen LogP contribution in [0.2, 0.25) is 0 Å². The van der Waals surface area contributed by atoms with Gasteiger partial charge in [0.2, 0.25) is 0 Å². The third-order valence-corrected chi connectivity index (χ3v) is 5.60. The highest BCUT2D eigenvalue weighted by Crippen LogP contribution is 2.55. The molecule has 0 saturated heterocycles. The number of fused-ring (bicyclic) bond motifs is 3. The van der Waals surface area contributed by atoms with Crippen LogP contribution in [0, 0.1) is 5.41 Å². The first-order chi connectivity index (χ1) is 13.6. The average molecular weight is 396 g/mol. The van der Waals surface area contributed by atoms with E-state index in [1.165, 1.54) is 0 Å². The number of nitrogens with two attached hydrogens (primary N) is 1. The molecule has 7 nitrogen and oxygen atoms in total. The molecule has 0 bridgehead atoms. The molecule has 29 heavy (non-hydrogen) atoms. The molecule has 152 valence electrons. The Bertz CT molecular complexity index is 1020. The SMILES string of the molecule is CC(C)OC(=O)C1=C(N)C2(C(=O)Oc3ccccc32)C2=C(N1)C(=O)CC(C)(C)C2. The van der Waals surface area contributed by atoms with Crippen molar-refractivity contribution in [1.29, 1.82) is 0 Å². The average Bonchev–Trinajstić information content (AvgIpc) is 2.90. The van der Waals surface area contributed by atoms with Crippen molar-refractivity contribution in [3.8, 4) is 5.75 Å². The molecular formula is C22H24N2O5. The van der Waals surface area contributed by atoms with E-state index in [-0.39, 0.29) is 40.8 Å². The minimum Gasteiger partial charge on any atom is -0.458 e. The van der Waals surface area contributed by atoms with Crippen molar-refractivity contribution in [1.82, 2.24) is 5.32 Å². The topological polar surface area (TPSA) is 108 Å². The summed E-state index contributed by atoms with van der Waals surface area (Å²) in [5.74, 6) is -1.11. The molecule has 0 saturated carbocycles. The minimum absolute atomic E-state index is 0.00218. The summed E-state index contributed by atoms with van der Waals surface area (Å²) in [6, 6.07) is 6.96. The molecule has 1 unspecified atom stereocenters. The second-order valence-corrected chi connectivity index (χ2v) is 8.80. The summed E-state index contributed by atoms with van der Waals surface area (Å²) in [5, 5.41) is 2.90. The lowest BCUT2D eigenvalue weighted by Crippen LogP contribution is -2.52. The normalized spacial score (nSPS) is 25.0. The number of hydrogen-bond donors (Lipinski definition) is 2. The monoisotopic (exact) mass is 396 g/mol. The molecule has 0 amide bonds. The highest BCUT2D eigenvalue weighted by molar-refractivity contribution is 6.08. The first-order valence-corrected chi connectivity index (χ1v) is 9.65. The van der Waals surface area contributed by atoms with Gasteiger partial charge in [-0.3, -0.25) is 4.79 Å². The van der Waals surface area contributed by atoms with Crippen LogP contribution < -0.4 is 15.8 Å². The van der Waals surface area contributed by atoms with E-state index in [1.807, 2.05) is 13.8 Å². The van der Waals surface area contributed by atoms with Gasteiger partial charge < -0.3 is 20.5 Å². The number of ketones is 1. The Hall–Kier alpha value is -3.09. The lowest BCUT2D eigenvalue weighted by Gasteiger charge is -2.43. The number of para-hydroxylation sites is 1. The summed E-state index contributed by atoms with van der Waals surface area (Å²) < 4.78 is 10.9. The summed E-state index contributed by atoms with van der Waals surface area (Å²) in [6.07, 6.45) is 0.357. The Kier molecular flexibility index (Phi) is 4.12. The number of carbonyl (C=O) groups excluding carboxylic acids is 3. The molecule has 3 aliphatic rings. The van der Waals surface area contributed by atoms with Crippen LogP contribution >= 0.6 is 0 Å². The fourth-order valence-corrected chi connectivity index (χ4v) is 4.46. The number of ether oxygens (including phenoxy) is 2. The van der Waals surface area contributed by atoms with Crippen LogP contribution in [0.3, 0.4) is 0 Å². The fourth-order valence-electron chi connectivity index (χ4n) is 4.46. The number of Topliss-reactive ketones (excluding diaryl/α,β-unsaturated/α-hetero) is 1. The van der Waals surface area contributed by atoms with Crippen molar-refractivity contribution < 1.29 is 23.9 Å². The third-order valence-electron chi connectivity index (χ3n) is 5.60. The number of nitrogens with one attached hydrogen (secondary N) is 1. The molecule has 4 rings (SSSR count). The maximum atomic E-state index is 13.3. The number of allylic oxidation sites excluding steroid dienone is 1. The predicted molar refractivity (Wildman–Crippen MR) is 104 cm³/mol. The van der Waals surface area contributed by atoms with Crippen LogP contribution in [0.4, 0.5) is 0 Å². The van der Waals surface area contributed by atoms with E-state index in [0.717, 1.165) is 0 Å². The zero-order chi connectivity index (χ0) is 21.1. The van der Waals surface area contributed by atoms with E-state index in [0.29, 0.717) is 23.3 Å². The molecule has 7 heteroatoms. The van der Waals surface area contributed by atoms with Crippen LogP contribution in [0.15, 0.2) is 46.9 Å². The van der Waals surface area contributed by atoms with Crippen molar-refractivity contribution in [3.63, 3.8) is 0 Å². The predicted octanol–water partition coefficient (Wildman–Crippen LogP) is 2.21. The second-order valence-electron chi connectivity index (χ2n) is 8.80. The van der Waals surface area contributed by atoms with E-state index in [2.05, 4.69) is 5.32 Å². The van der Waals surface area contributed by atoms with Crippen LogP contribution in [0.1, 0.15) is 46.1 Å². The van der Waals surface area contributed by atoms with E-state index >= 15 is 0 Å². The summed E-state index contributed by atoms with van der Waals surface area (Å²) >= 11 is 0. The maximum Gasteiger partial charge on any atom is 0.356 e. The van der Waals surface area contributed by atoms with Gasteiger partial charge in [0.05, 0.1) is 17.5 Å². The van der Waals surface area contributed by atoms with Crippen LogP contribution in [-0.4, -0.2) is 23.8 Å². The first kappa shape index (κ1) is 19.2. The van der Waals surface area contributed by atoms with Crippen molar-refractivity contribution in [2.75, 3.05) is 0 Å². The molecule has 2 aliphatic heterocycles. The lowest BCUT2D eigenvalue weighted by atomic mass is 9.61. The Morgan fingerprint density at radius 3 is 2.59 bits per heavy atom. The van der Waals surface area contributed by atoms with E-state index < -0.39 is 17.4 Å². The van der Waals surface area contributed by atoms with Gasteiger partial charge in [0.1, 0.15) is 11.4 Å². The van der Waals surface area contributed by atoms with Gasteiger partial charge in [0.15, 0.2) is 11.2 Å². The largest absolute Gasteiger partial charge is 0.458 e. The number of dihydropyridines is 1. The summed E-state index contributed by atoms with van der Waals surface area (Å²) in [5.41, 5.74) is 5.88. The van der Waals surface area contributed by atoms with Gasteiger partial charge in [-0.15, -0.1) is 0 Å². The lowest BCUT2D eigenvalue weighted by molar-refractivity contribution is -0.143. The molecule has 0 aromatic heterocycles. The van der Waals surface area contributed by atoms with Crippen molar-refractivity contribution >= 4 is 17.7 Å².